The van der Waals surface area contributed by atoms with E-state index < -0.39 is 5.97 Å². The molecular weight excluding hydrogens is 1470 g/mol. The summed E-state index contributed by atoms with van der Waals surface area (Å²) in [5, 5.41) is 22.6. The van der Waals surface area contributed by atoms with E-state index in [2.05, 4.69) is 19.9 Å². The van der Waals surface area contributed by atoms with Crippen LogP contribution in [0, 0.1) is 17.5 Å². The number of methoxy groups -OCH3 is 2. The van der Waals surface area contributed by atoms with Gasteiger partial charge in [-0.15, -0.1) is 0 Å². The van der Waals surface area contributed by atoms with Crippen LogP contribution in [-0.4, -0.2) is 145 Å². The summed E-state index contributed by atoms with van der Waals surface area (Å²) in [5.74, 6) is -1.69. The van der Waals surface area contributed by atoms with Gasteiger partial charge in [0.25, 0.3) is 29.5 Å². The second-order valence-electron chi connectivity index (χ2n) is 28.3. The summed E-state index contributed by atoms with van der Waals surface area (Å²) in [6.45, 7) is 1.54. The lowest BCUT2D eigenvalue weighted by atomic mass is 9.94. The molecule has 13 aromatic rings. The van der Waals surface area contributed by atoms with Gasteiger partial charge in [0.1, 0.15) is 58.7 Å². The number of carbonyl (C=O) groups excluding carboxylic acids is 5. The van der Waals surface area contributed by atoms with Gasteiger partial charge in [0, 0.05) is 119 Å². The largest absolute Gasteiger partial charge is 0.505 e. The molecule has 22 nitrogen and oxygen atoms in total. The number of hydrogen-bond donors (Lipinski definition) is 2. The first kappa shape index (κ1) is 77.6. The molecule has 5 aromatic heterocycles. The van der Waals surface area contributed by atoms with Crippen molar-refractivity contribution in [3.05, 3.63) is 330 Å². The van der Waals surface area contributed by atoms with E-state index in [1.165, 1.54) is 46.2 Å². The Morgan fingerprint density at radius 2 is 0.757 bits per heavy atom. The number of benzene rings is 8. The van der Waals surface area contributed by atoms with Gasteiger partial charge >= 0.3 is 5.97 Å². The third-order valence-electron chi connectivity index (χ3n) is 20.3. The molecule has 115 heavy (non-hydrogen) atoms. The lowest BCUT2D eigenvalue weighted by Crippen LogP contribution is -2.28. The summed E-state index contributed by atoms with van der Waals surface area (Å²) in [7, 11) is 11.6. The van der Waals surface area contributed by atoms with Gasteiger partial charge in [0.15, 0.2) is 17.2 Å². The number of phenols is 1. The third-order valence-corrected chi connectivity index (χ3v) is 20.3. The summed E-state index contributed by atoms with van der Waals surface area (Å²) >= 11 is 0. The predicted molar refractivity (Wildman–Crippen MR) is 424 cm³/mol. The van der Waals surface area contributed by atoms with E-state index in [1.54, 1.807) is 144 Å². The molecule has 0 spiro atoms. The number of rotatable bonds is 21. The number of aromatic hydroxyl groups is 1. The van der Waals surface area contributed by atoms with Gasteiger partial charge in [-0.2, -0.15) is 0 Å². The maximum atomic E-state index is 14.2. The number of pyridine rings is 5. The molecule has 25 heteroatoms. The van der Waals surface area contributed by atoms with Crippen molar-refractivity contribution in [3.8, 4) is 28.7 Å². The maximum absolute atomic E-state index is 14.2. The van der Waals surface area contributed by atoms with Gasteiger partial charge in [0.05, 0.1) is 72.1 Å². The number of amides is 5. The highest BCUT2D eigenvalue weighted by molar-refractivity contribution is 6.18. The van der Waals surface area contributed by atoms with Crippen LogP contribution >= 0.6 is 0 Å². The zero-order chi connectivity index (χ0) is 80.9. The second-order valence-corrected chi connectivity index (χ2v) is 28.3. The lowest BCUT2D eigenvalue weighted by molar-refractivity contribution is 0.0693. The Hall–Kier alpha value is -14.1. The summed E-state index contributed by atoms with van der Waals surface area (Å²) in [4.78, 5) is 110. The number of hydrogen-bond acceptors (Lipinski definition) is 16. The molecule has 0 aliphatic carbocycles. The molecule has 5 amide bonds. The van der Waals surface area contributed by atoms with Gasteiger partial charge in [0.2, 0.25) is 0 Å². The lowest BCUT2D eigenvalue weighted by Gasteiger charge is -2.22. The van der Waals surface area contributed by atoms with Gasteiger partial charge in [-0.05, 0) is 167 Å². The van der Waals surface area contributed by atoms with Crippen LogP contribution in [0.15, 0.2) is 207 Å². The minimum absolute atomic E-state index is 0.0444. The second kappa shape index (κ2) is 33.5. The Balaban J connectivity index is 0.000000144. The van der Waals surface area contributed by atoms with E-state index in [0.29, 0.717) is 91.3 Å². The van der Waals surface area contributed by atoms with Crippen molar-refractivity contribution in [3.63, 3.8) is 0 Å². The Morgan fingerprint density at radius 1 is 0.426 bits per heavy atom. The van der Waals surface area contributed by atoms with Crippen LogP contribution in [0.25, 0.3) is 32.7 Å². The monoisotopic (exact) mass is 1550 g/mol. The van der Waals surface area contributed by atoms with E-state index >= 15 is 0 Å². The van der Waals surface area contributed by atoms with Crippen LogP contribution in [0.5, 0.6) is 28.7 Å². The molecule has 8 aromatic carbocycles. The molecule has 0 unspecified atom stereocenters. The first-order valence-corrected chi connectivity index (χ1v) is 36.7. The number of phenolic OH excluding ortho intramolecular Hbond substituents is 1. The van der Waals surface area contributed by atoms with E-state index in [-0.39, 0.29) is 127 Å². The molecule has 0 atom stereocenters. The van der Waals surface area contributed by atoms with Crippen molar-refractivity contribution in [1.29, 1.82) is 0 Å². The molecule has 0 saturated heterocycles. The fraction of sp³-hybridized carbons (Fsp3) is 0.189. The standard InChI is InChI=1S/C35H31FN4O4.C28H23FN2O5.C27H23FN4O3/c1-39(19-26-6-4-5-15-37-26)34(41)30-28-17-24(16-22-7-11-25(36)12-8-22)18-38-32(28)33(31-29(30)20-40(2)35(31)42)44-21-23-9-13-27(43-3)14-10-23;1-31-14-22-23(28(33)34)21-12-18(11-16-3-7-19(29)8-4-16)13-30-25(21)26(24(22)27(31)32)36-15-17-5-9-20(35-2)10-6-17;1-31(14-19-5-3-4-10-29-19)26(34)22-20-12-17(11-16-6-8-18(28)9-7-16)13-30-24(20)25(33)23-21(22)15-32(2)27(23)35/h4-15,17-18H,16,19-21H2,1-3H3;3-10,12-13H,11,14-15H2,1-2H3,(H,33,34);3-10,12-13,33H,11,14-15H2,1-2H3. The molecule has 0 saturated carbocycles. The van der Waals surface area contributed by atoms with Crippen molar-refractivity contribution in [2.75, 3.05) is 49.5 Å². The first-order valence-electron chi connectivity index (χ1n) is 36.7. The van der Waals surface area contributed by atoms with Crippen LogP contribution in [0.2, 0.25) is 0 Å². The van der Waals surface area contributed by atoms with Crippen LogP contribution in [0.1, 0.15) is 135 Å². The molecule has 8 heterocycles. The molecule has 0 bridgehead atoms. The predicted octanol–water partition coefficient (Wildman–Crippen LogP) is 14.6. The summed E-state index contributed by atoms with van der Waals surface area (Å²) in [5.41, 5.74) is 12.2. The zero-order valence-electron chi connectivity index (χ0n) is 63.8. The number of carboxylic acids is 1. The number of aromatic carboxylic acids is 1. The van der Waals surface area contributed by atoms with Crippen molar-refractivity contribution in [2.45, 2.75) is 65.2 Å². The smallest absolute Gasteiger partial charge is 0.336 e. The fourth-order valence-corrected chi connectivity index (χ4v) is 14.5. The van der Waals surface area contributed by atoms with Crippen LogP contribution in [-0.2, 0) is 65.2 Å². The Kier molecular flexibility index (Phi) is 22.6. The van der Waals surface area contributed by atoms with E-state index in [4.69, 9.17) is 23.9 Å². The number of carbonyl (C=O) groups is 6. The van der Waals surface area contributed by atoms with E-state index in [9.17, 15) is 52.2 Å². The van der Waals surface area contributed by atoms with Gasteiger partial charge in [-0.3, -0.25) is 48.9 Å². The minimum atomic E-state index is -1.14. The highest BCUT2D eigenvalue weighted by Crippen LogP contribution is 2.45. The summed E-state index contributed by atoms with van der Waals surface area (Å²) in [6.07, 6.45) is 9.71. The highest BCUT2D eigenvalue weighted by atomic mass is 19.1. The number of aromatic nitrogens is 5. The van der Waals surface area contributed by atoms with Gasteiger partial charge < -0.3 is 53.7 Å². The number of carboxylic acid groups (broad SMARTS) is 1. The number of fused-ring (bicyclic) bond motifs is 6. The molecular formula is C90H77F3N10O12. The molecule has 16 rings (SSSR count). The molecule has 3 aliphatic rings. The van der Waals surface area contributed by atoms with Crippen molar-refractivity contribution >= 4 is 68.2 Å². The molecule has 580 valence electrons. The topological polar surface area (TPSA) is 260 Å². The third kappa shape index (κ3) is 16.5. The fourth-order valence-electron chi connectivity index (χ4n) is 14.5. The van der Waals surface area contributed by atoms with Crippen LogP contribution in [0.4, 0.5) is 13.2 Å². The summed E-state index contributed by atoms with van der Waals surface area (Å²) in [6, 6.07) is 50.0. The molecule has 3 aliphatic heterocycles. The van der Waals surface area contributed by atoms with Crippen molar-refractivity contribution in [2.24, 2.45) is 0 Å². The average Bonchev–Trinajstić information content (AvgIpc) is 1.62. The van der Waals surface area contributed by atoms with Crippen molar-refractivity contribution in [1.82, 2.24) is 49.4 Å². The Morgan fingerprint density at radius 3 is 1.11 bits per heavy atom. The van der Waals surface area contributed by atoms with E-state index in [1.807, 2.05) is 91.0 Å². The van der Waals surface area contributed by atoms with Gasteiger partial charge in [-0.1, -0.05) is 72.8 Å². The Labute approximate surface area is 659 Å². The minimum Gasteiger partial charge on any atom is -0.505 e. The molecule has 0 radical (unpaired) electrons. The molecule has 2 N–H and O–H groups in total. The zero-order valence-corrected chi connectivity index (χ0v) is 63.8. The maximum Gasteiger partial charge on any atom is 0.336 e. The number of nitrogens with zero attached hydrogens (tertiary/aromatic N) is 10. The number of halogens is 3. The number of ether oxygens (including phenoxy) is 4. The highest BCUT2D eigenvalue weighted by Gasteiger charge is 2.40. The Bertz CT molecular complexity index is 5930. The quantitative estimate of drug-likeness (QED) is 0.0677. The summed E-state index contributed by atoms with van der Waals surface area (Å²) < 4.78 is 63.2. The first-order chi connectivity index (χ1) is 55.5. The van der Waals surface area contributed by atoms with Crippen molar-refractivity contribution < 1.29 is 71.1 Å². The SMILES string of the molecule is CN1Cc2c(c(O)c3ncc(Cc4ccc(F)cc4)cc3c2C(=O)N(C)Cc2ccccn2)C1=O.COc1ccc(COc2c3c(c(C(=O)N(C)Cc4ccccn4)c4cc(Cc5ccc(F)cc5)cnc24)CN(C)C3=O)cc1.COc1ccc(COc2c3c(c(C(=O)O)c4cc(Cc5ccc(F)cc5)cnc24)CN(C)C3=O)cc1. The van der Waals surface area contributed by atoms with Crippen LogP contribution in [0.3, 0.4) is 0 Å². The van der Waals surface area contributed by atoms with Gasteiger partial charge in [-0.25, -0.2) is 18.0 Å². The normalized spacial score (nSPS) is 12.6. The molecule has 0 fully saturated rings. The van der Waals surface area contributed by atoms with E-state index in [0.717, 1.165) is 61.6 Å². The van der Waals surface area contributed by atoms with Crippen LogP contribution < -0.4 is 18.9 Å². The average molecular weight is 1550 g/mol.